The molecule has 4 rings (SSSR count). The van der Waals surface area contributed by atoms with E-state index in [1.54, 1.807) is 56.4 Å². The van der Waals surface area contributed by atoms with Crippen LogP contribution in [0.15, 0.2) is 60.8 Å². The second-order valence-electron chi connectivity index (χ2n) is 12.6. The van der Waals surface area contributed by atoms with Gasteiger partial charge in [0.25, 0.3) is 0 Å². The fourth-order valence-corrected chi connectivity index (χ4v) is 5.99. The van der Waals surface area contributed by atoms with Crippen molar-refractivity contribution in [2.75, 3.05) is 0 Å². The molecular weight excluding hydrogens is 641 g/mol. The van der Waals surface area contributed by atoms with E-state index in [0.29, 0.717) is 6.42 Å². The topological polar surface area (TPSA) is 234 Å². The number of carboxylic acids is 1. The van der Waals surface area contributed by atoms with E-state index in [0.717, 1.165) is 0 Å². The summed E-state index contributed by atoms with van der Waals surface area (Å²) in [6.45, 7) is 3.33. The first-order valence-electron chi connectivity index (χ1n) is 15.9. The van der Waals surface area contributed by atoms with Crippen molar-refractivity contribution >= 4 is 11.9 Å². The molecule has 2 bridgehead atoms. The first kappa shape index (κ1) is 40.7. The molecule has 0 unspecified atom stereocenters. The molecule has 3 saturated heterocycles. The van der Waals surface area contributed by atoms with Crippen LogP contribution in [-0.2, 0) is 33.3 Å². The van der Waals surface area contributed by atoms with Crippen molar-refractivity contribution in [1.82, 2.24) is 0 Å². The Bertz CT molecular complexity index is 1230. The number of aliphatic hydroxyl groups is 5. The van der Waals surface area contributed by atoms with E-state index in [2.05, 4.69) is 0 Å². The Kier molecular flexibility index (Phi) is 15.6. The smallest absolute Gasteiger partial charge is 0.550 e. The van der Waals surface area contributed by atoms with Crippen LogP contribution in [0.25, 0.3) is 0 Å². The van der Waals surface area contributed by atoms with Gasteiger partial charge in [-0.3, -0.25) is 0 Å². The number of epoxide rings is 1. The van der Waals surface area contributed by atoms with Gasteiger partial charge < -0.3 is 64.9 Å². The van der Waals surface area contributed by atoms with Crippen LogP contribution in [-0.4, -0.2) is 117 Å². The molecule has 4 heterocycles. The van der Waals surface area contributed by atoms with E-state index in [1.165, 1.54) is 12.2 Å². The number of allylic oxidation sites excluding steroid dienone is 6. The normalized spacial score (nSPS) is 46.2. The number of nitrogens with two attached hydrogens (primary N) is 1. The third-order valence-electron chi connectivity index (χ3n) is 8.56. The first-order valence-corrected chi connectivity index (χ1v) is 15.9. The van der Waals surface area contributed by atoms with Crippen LogP contribution in [0.4, 0.5) is 0 Å². The number of hydrogen-bond acceptors (Lipinski definition) is 14. The molecule has 3 fully saturated rings. The number of esters is 1. The third kappa shape index (κ3) is 11.7. The number of ether oxygens (including phenoxy) is 5. The molecule has 4 aliphatic rings. The van der Waals surface area contributed by atoms with Crippen LogP contribution in [0.2, 0.25) is 0 Å². The standard InChI is InChI=1S/C33H47NO13.Na/c1-18-10-8-6-4-3-5-7-9-11-21(45-32-30(39)28(34)29(38)19(2)44-32)15-25-27(31(40)41)22(36)17-33(42,47-25)16-20(35)14-24-23(46-24)12-13-26(37)43-18;/h3-9,11-13,18-25,27-30,32,35-36,38-39,42H,10,14-17,34H2,1-2H3,(H,40,41);/q;+1/p-1/b4-3+,7-5+,8-6+,11-9+,13-12+;/t18-,19-,20+,21+,22+,23-,24-,25+,27-,28+,29-,30+,32+,33-;/m1./s1. The van der Waals surface area contributed by atoms with Gasteiger partial charge in [0.05, 0.1) is 54.7 Å². The predicted molar refractivity (Wildman–Crippen MR) is 163 cm³/mol. The van der Waals surface area contributed by atoms with Gasteiger partial charge in [0.2, 0.25) is 0 Å². The summed E-state index contributed by atoms with van der Waals surface area (Å²) in [5, 5.41) is 66.0. The summed E-state index contributed by atoms with van der Waals surface area (Å²) in [5.41, 5.74) is 5.97. The molecule has 0 aromatic carbocycles. The number of carbonyl (C=O) groups excluding carboxylic acids is 2. The number of cyclic esters (lactones) is 1. The van der Waals surface area contributed by atoms with Crippen LogP contribution in [0.1, 0.15) is 46.0 Å². The van der Waals surface area contributed by atoms with Crippen molar-refractivity contribution in [3.63, 3.8) is 0 Å². The molecule has 14 nitrogen and oxygen atoms in total. The van der Waals surface area contributed by atoms with Gasteiger partial charge in [0, 0.05) is 44.1 Å². The SMILES string of the molecule is C[C@@H]1C/C=C/C=C/C=C/C=C/[C@H](O[C@@H]2O[C@H](C)[C@@H](O)[C@H](N)[C@@H]2O)C[C@@H]2O[C@](O)(C[C@@H](O)C[C@H]3O[C@@H]3/C=C/C(=O)O1)C[C@H](O)[C@H]2C(=O)[O-].[Na+]. The predicted octanol–water partition coefficient (Wildman–Crippen LogP) is -4.21. The van der Waals surface area contributed by atoms with E-state index in [4.69, 9.17) is 29.4 Å². The molecule has 262 valence electrons. The zero-order chi connectivity index (χ0) is 34.3. The first-order chi connectivity index (χ1) is 22.3. The molecule has 0 aromatic rings. The molecule has 0 radical (unpaired) electrons. The Balaban J connectivity index is 0.00000625. The van der Waals surface area contributed by atoms with Gasteiger partial charge in [0.1, 0.15) is 18.3 Å². The van der Waals surface area contributed by atoms with Crippen molar-refractivity contribution in [3.05, 3.63) is 60.8 Å². The molecule has 14 atom stereocenters. The minimum absolute atomic E-state index is 0. The average Bonchev–Trinajstić information content (AvgIpc) is 3.72. The summed E-state index contributed by atoms with van der Waals surface area (Å²) in [4.78, 5) is 24.3. The van der Waals surface area contributed by atoms with Crippen LogP contribution in [0, 0.1) is 5.92 Å². The Morgan fingerprint density at radius 3 is 2.35 bits per heavy atom. The molecule has 4 aliphatic heterocycles. The third-order valence-corrected chi connectivity index (χ3v) is 8.56. The molecule has 15 heteroatoms. The van der Waals surface area contributed by atoms with Crippen LogP contribution in [0.5, 0.6) is 0 Å². The molecule has 0 spiro atoms. The largest absolute Gasteiger partial charge is 1.00 e. The summed E-state index contributed by atoms with van der Waals surface area (Å²) in [7, 11) is 0. The van der Waals surface area contributed by atoms with E-state index in [9.17, 15) is 40.2 Å². The number of aliphatic hydroxyl groups excluding tert-OH is 4. The molecule has 7 N–H and O–H groups in total. The minimum atomic E-state index is -2.13. The second-order valence-corrected chi connectivity index (χ2v) is 12.6. The monoisotopic (exact) mass is 687 g/mol. The molecule has 0 aromatic heterocycles. The van der Waals surface area contributed by atoms with Crippen molar-refractivity contribution in [2.24, 2.45) is 11.7 Å². The van der Waals surface area contributed by atoms with Crippen molar-refractivity contribution in [1.29, 1.82) is 0 Å². The van der Waals surface area contributed by atoms with Crippen molar-refractivity contribution < 1.29 is 93.5 Å². The Morgan fingerprint density at radius 1 is 0.958 bits per heavy atom. The quantitative estimate of drug-likeness (QED) is 0.0939. The van der Waals surface area contributed by atoms with Crippen LogP contribution < -0.4 is 40.4 Å². The number of hydrogen-bond donors (Lipinski definition) is 6. The van der Waals surface area contributed by atoms with Gasteiger partial charge in [-0.1, -0.05) is 48.6 Å². The zero-order valence-electron chi connectivity index (χ0n) is 27.4. The van der Waals surface area contributed by atoms with E-state index in [-0.39, 0.29) is 54.9 Å². The number of fused-ring (bicyclic) bond motifs is 3. The maximum absolute atomic E-state index is 12.2. The van der Waals surface area contributed by atoms with E-state index >= 15 is 0 Å². The fourth-order valence-electron chi connectivity index (χ4n) is 5.99. The summed E-state index contributed by atoms with van der Waals surface area (Å²) in [6.07, 6.45) is 4.80. The summed E-state index contributed by atoms with van der Waals surface area (Å²) in [5.74, 6) is -5.84. The Hall–Kier alpha value is -1.76. The average molecular weight is 688 g/mol. The van der Waals surface area contributed by atoms with Crippen LogP contribution >= 0.6 is 0 Å². The fraction of sp³-hybridized carbons (Fsp3) is 0.636. The molecule has 0 saturated carbocycles. The number of aliphatic carboxylic acids is 1. The molecular formula is C33H46NNaO13. The Labute approximate surface area is 301 Å². The van der Waals surface area contributed by atoms with Crippen LogP contribution in [0.3, 0.4) is 0 Å². The maximum Gasteiger partial charge on any atom is 1.00 e. The van der Waals surface area contributed by atoms with Gasteiger partial charge in [-0.15, -0.1) is 0 Å². The minimum Gasteiger partial charge on any atom is -0.550 e. The summed E-state index contributed by atoms with van der Waals surface area (Å²) >= 11 is 0. The number of carbonyl (C=O) groups is 2. The van der Waals surface area contributed by atoms with E-state index in [1.807, 2.05) is 6.08 Å². The van der Waals surface area contributed by atoms with E-state index < -0.39 is 97.3 Å². The number of rotatable bonds is 3. The van der Waals surface area contributed by atoms with Crippen molar-refractivity contribution in [3.8, 4) is 0 Å². The van der Waals surface area contributed by atoms with Gasteiger partial charge in [-0.2, -0.15) is 0 Å². The summed E-state index contributed by atoms with van der Waals surface area (Å²) in [6, 6.07) is -1.09. The van der Waals surface area contributed by atoms with Gasteiger partial charge in [-0.25, -0.2) is 4.79 Å². The van der Waals surface area contributed by atoms with Gasteiger partial charge >= 0.3 is 35.5 Å². The van der Waals surface area contributed by atoms with Crippen molar-refractivity contribution in [2.45, 2.75) is 125 Å². The maximum atomic E-state index is 12.2. The van der Waals surface area contributed by atoms with Gasteiger partial charge in [-0.05, 0) is 19.9 Å². The second kappa shape index (κ2) is 18.5. The molecule has 0 amide bonds. The number of carboxylic acid groups (broad SMARTS) is 1. The Morgan fingerprint density at radius 2 is 1.65 bits per heavy atom. The van der Waals surface area contributed by atoms with Gasteiger partial charge in [0.15, 0.2) is 12.1 Å². The molecule has 0 aliphatic carbocycles. The molecule has 48 heavy (non-hydrogen) atoms. The summed E-state index contributed by atoms with van der Waals surface area (Å²) < 4.78 is 28.4. The zero-order valence-corrected chi connectivity index (χ0v) is 29.4.